The summed E-state index contributed by atoms with van der Waals surface area (Å²) >= 11 is 0. The fourth-order valence-corrected chi connectivity index (χ4v) is 5.42. The van der Waals surface area contributed by atoms with Gasteiger partial charge in [0.1, 0.15) is 0 Å². The summed E-state index contributed by atoms with van der Waals surface area (Å²) in [5.74, 6) is -0.189. The summed E-state index contributed by atoms with van der Waals surface area (Å²) in [5, 5.41) is 0. The first kappa shape index (κ1) is 18.0. The Bertz CT molecular complexity index is 541. The van der Waals surface area contributed by atoms with Crippen molar-refractivity contribution in [3.05, 3.63) is 0 Å². The standard InChI is InChI=1S/C20H31N3O3/c24-18(22-13-11-21(12-14-22)15-5-1-2-6-15)9-10-23-19(25)16-7-3-4-8-17(16)20(23)26/h15-17H,1-14H2. The average molecular weight is 361 g/mol. The molecule has 2 saturated heterocycles. The fraction of sp³-hybridized carbons (Fsp3) is 0.850. The second kappa shape index (κ2) is 7.67. The molecule has 0 spiro atoms. The molecule has 0 aromatic heterocycles. The monoisotopic (exact) mass is 361 g/mol. The minimum Gasteiger partial charge on any atom is -0.340 e. The molecule has 2 aliphatic carbocycles. The zero-order chi connectivity index (χ0) is 18.1. The molecule has 3 amide bonds. The molecule has 2 heterocycles. The Morgan fingerprint density at radius 3 is 1.92 bits per heavy atom. The Balaban J connectivity index is 1.25. The third-order valence-corrected chi connectivity index (χ3v) is 6.99. The van der Waals surface area contributed by atoms with Crippen LogP contribution in [-0.4, -0.2) is 71.2 Å². The number of piperazine rings is 1. The van der Waals surface area contributed by atoms with E-state index in [1.807, 2.05) is 4.90 Å². The van der Waals surface area contributed by atoms with Gasteiger partial charge in [0.25, 0.3) is 0 Å². The van der Waals surface area contributed by atoms with Crippen molar-refractivity contribution >= 4 is 17.7 Å². The molecule has 0 radical (unpaired) electrons. The van der Waals surface area contributed by atoms with Crippen molar-refractivity contribution < 1.29 is 14.4 Å². The van der Waals surface area contributed by atoms with E-state index in [0.29, 0.717) is 0 Å². The van der Waals surface area contributed by atoms with E-state index < -0.39 is 0 Å². The zero-order valence-electron chi connectivity index (χ0n) is 15.7. The number of carbonyl (C=O) groups excluding carboxylic acids is 3. The number of amides is 3. The minimum atomic E-state index is -0.110. The van der Waals surface area contributed by atoms with Crippen LogP contribution in [0.1, 0.15) is 57.8 Å². The van der Waals surface area contributed by atoms with E-state index in [-0.39, 0.29) is 42.5 Å². The number of imide groups is 1. The third-order valence-electron chi connectivity index (χ3n) is 6.99. The molecule has 0 N–H and O–H groups in total. The third kappa shape index (κ3) is 3.40. The van der Waals surface area contributed by atoms with Crippen LogP contribution in [0, 0.1) is 11.8 Å². The van der Waals surface area contributed by atoms with Gasteiger partial charge in [-0.15, -0.1) is 0 Å². The predicted molar refractivity (Wildman–Crippen MR) is 97.2 cm³/mol. The highest BCUT2D eigenvalue weighted by Gasteiger charge is 2.47. The van der Waals surface area contributed by atoms with E-state index in [9.17, 15) is 14.4 Å². The van der Waals surface area contributed by atoms with Crippen LogP contribution >= 0.6 is 0 Å². The van der Waals surface area contributed by atoms with Gasteiger partial charge in [-0.1, -0.05) is 25.7 Å². The van der Waals surface area contributed by atoms with Gasteiger partial charge in [0.05, 0.1) is 11.8 Å². The van der Waals surface area contributed by atoms with Gasteiger partial charge >= 0.3 is 0 Å². The number of rotatable bonds is 4. The Hall–Kier alpha value is -1.43. The van der Waals surface area contributed by atoms with Gasteiger partial charge < -0.3 is 4.90 Å². The van der Waals surface area contributed by atoms with Crippen LogP contribution in [0.5, 0.6) is 0 Å². The molecule has 6 nitrogen and oxygen atoms in total. The number of nitrogens with zero attached hydrogens (tertiary/aromatic N) is 3. The first-order valence-electron chi connectivity index (χ1n) is 10.5. The van der Waals surface area contributed by atoms with Crippen LogP contribution in [0.3, 0.4) is 0 Å². The van der Waals surface area contributed by atoms with Gasteiger partial charge in [0.2, 0.25) is 17.7 Å². The van der Waals surface area contributed by atoms with Crippen molar-refractivity contribution in [1.82, 2.24) is 14.7 Å². The van der Waals surface area contributed by atoms with Crippen molar-refractivity contribution in [2.75, 3.05) is 32.7 Å². The number of fused-ring (bicyclic) bond motifs is 1. The molecule has 0 bridgehead atoms. The second-order valence-electron chi connectivity index (χ2n) is 8.43. The average Bonchev–Trinajstić information content (AvgIpc) is 3.29. The molecule has 2 saturated carbocycles. The summed E-state index contributed by atoms with van der Waals surface area (Å²) in [6.45, 7) is 3.75. The molecule has 4 rings (SSSR count). The number of hydrogen-bond donors (Lipinski definition) is 0. The van der Waals surface area contributed by atoms with E-state index in [0.717, 1.165) is 57.9 Å². The molecule has 0 aromatic rings. The molecule has 6 heteroatoms. The lowest BCUT2D eigenvalue weighted by Gasteiger charge is -2.38. The van der Waals surface area contributed by atoms with Gasteiger partial charge in [-0.3, -0.25) is 24.2 Å². The molecular weight excluding hydrogens is 330 g/mol. The SMILES string of the molecule is O=C(CCN1C(=O)C2CCCCC2C1=O)N1CCN(C2CCCC2)CC1. The number of carbonyl (C=O) groups is 3. The molecule has 2 atom stereocenters. The minimum absolute atomic E-state index is 0.0291. The summed E-state index contributed by atoms with van der Waals surface area (Å²) in [6.07, 6.45) is 9.31. The quantitative estimate of drug-likeness (QED) is 0.714. The highest BCUT2D eigenvalue weighted by molar-refractivity contribution is 6.05. The Labute approximate surface area is 155 Å². The molecule has 26 heavy (non-hydrogen) atoms. The van der Waals surface area contributed by atoms with Crippen molar-refractivity contribution in [2.45, 2.75) is 63.8 Å². The second-order valence-corrected chi connectivity index (χ2v) is 8.43. The molecule has 0 aromatic carbocycles. The van der Waals surface area contributed by atoms with E-state index in [1.54, 1.807) is 0 Å². The summed E-state index contributed by atoms with van der Waals surface area (Å²) in [6, 6.07) is 0.718. The molecule has 4 aliphatic rings. The van der Waals surface area contributed by atoms with Crippen LogP contribution in [-0.2, 0) is 14.4 Å². The Morgan fingerprint density at radius 2 is 1.35 bits per heavy atom. The summed E-state index contributed by atoms with van der Waals surface area (Å²) in [7, 11) is 0. The van der Waals surface area contributed by atoms with E-state index in [2.05, 4.69) is 4.90 Å². The van der Waals surface area contributed by atoms with E-state index in [1.165, 1.54) is 30.6 Å². The highest BCUT2D eigenvalue weighted by Crippen LogP contribution is 2.38. The Morgan fingerprint density at radius 1 is 0.808 bits per heavy atom. The molecule has 4 fully saturated rings. The summed E-state index contributed by atoms with van der Waals surface area (Å²) in [5.41, 5.74) is 0. The van der Waals surface area contributed by atoms with Gasteiger partial charge in [0, 0.05) is 45.2 Å². The summed E-state index contributed by atoms with van der Waals surface area (Å²) < 4.78 is 0. The molecule has 2 aliphatic heterocycles. The lowest BCUT2D eigenvalue weighted by atomic mass is 9.81. The molecule has 2 unspecified atom stereocenters. The van der Waals surface area contributed by atoms with E-state index >= 15 is 0 Å². The van der Waals surface area contributed by atoms with Crippen LogP contribution in [0.4, 0.5) is 0 Å². The van der Waals surface area contributed by atoms with Gasteiger partial charge in [0.15, 0.2) is 0 Å². The largest absolute Gasteiger partial charge is 0.340 e. The maximum atomic E-state index is 12.6. The first-order valence-corrected chi connectivity index (χ1v) is 10.5. The van der Waals surface area contributed by atoms with Crippen LogP contribution in [0.15, 0.2) is 0 Å². The van der Waals surface area contributed by atoms with E-state index in [4.69, 9.17) is 0 Å². The fourth-order valence-electron chi connectivity index (χ4n) is 5.42. The Kier molecular flexibility index (Phi) is 5.30. The lowest BCUT2D eigenvalue weighted by molar-refractivity contribution is -0.141. The van der Waals surface area contributed by atoms with Crippen molar-refractivity contribution in [2.24, 2.45) is 11.8 Å². The maximum absolute atomic E-state index is 12.6. The lowest BCUT2D eigenvalue weighted by Crippen LogP contribution is -2.51. The normalized spacial score (nSPS) is 30.9. The van der Waals surface area contributed by atoms with Crippen molar-refractivity contribution in [1.29, 1.82) is 0 Å². The molecule has 144 valence electrons. The van der Waals surface area contributed by atoms with Crippen LogP contribution < -0.4 is 0 Å². The van der Waals surface area contributed by atoms with Crippen LogP contribution in [0.2, 0.25) is 0 Å². The van der Waals surface area contributed by atoms with Crippen molar-refractivity contribution in [3.8, 4) is 0 Å². The van der Waals surface area contributed by atoms with Crippen LogP contribution in [0.25, 0.3) is 0 Å². The highest BCUT2D eigenvalue weighted by atomic mass is 16.2. The number of hydrogen-bond acceptors (Lipinski definition) is 4. The first-order chi connectivity index (χ1) is 12.6. The number of likely N-dealkylation sites (tertiary alicyclic amines) is 1. The zero-order valence-corrected chi connectivity index (χ0v) is 15.7. The molecular formula is C20H31N3O3. The predicted octanol–water partition coefficient (Wildman–Crippen LogP) is 1.64. The van der Waals surface area contributed by atoms with Gasteiger partial charge in [-0.2, -0.15) is 0 Å². The topological polar surface area (TPSA) is 60.9 Å². The summed E-state index contributed by atoms with van der Waals surface area (Å²) in [4.78, 5) is 43.4. The smallest absolute Gasteiger partial charge is 0.233 e. The van der Waals surface area contributed by atoms with Crippen molar-refractivity contribution in [3.63, 3.8) is 0 Å². The maximum Gasteiger partial charge on any atom is 0.233 e. The van der Waals surface area contributed by atoms with Gasteiger partial charge in [-0.05, 0) is 25.7 Å². The van der Waals surface area contributed by atoms with Gasteiger partial charge in [-0.25, -0.2) is 0 Å².